The highest BCUT2D eigenvalue weighted by molar-refractivity contribution is 7.57. The topological polar surface area (TPSA) is 32.8 Å². The Bertz CT molecular complexity index is 392. The first-order valence-corrected chi connectivity index (χ1v) is 10.6. The Balaban J connectivity index is 1.94. The molecule has 2 saturated heterocycles. The smallest absolute Gasteiger partial charge is 0.274 e. The molecule has 0 saturated carbocycles. The van der Waals surface area contributed by atoms with Crippen LogP contribution in [0.1, 0.15) is 60.3 Å². The first-order chi connectivity index (χ1) is 10.2. The van der Waals surface area contributed by atoms with Crippen molar-refractivity contribution in [2.24, 2.45) is 5.41 Å². The highest BCUT2D eigenvalue weighted by atomic mass is 31.2. The molecular formula is C17H35N2O2P. The molecule has 5 heteroatoms. The molecule has 4 nitrogen and oxygen atoms in total. The van der Waals surface area contributed by atoms with Crippen LogP contribution in [0.15, 0.2) is 0 Å². The zero-order valence-electron chi connectivity index (χ0n) is 15.2. The first-order valence-electron chi connectivity index (χ1n) is 8.96. The second-order valence-corrected chi connectivity index (χ2v) is 11.4. The molecule has 1 unspecified atom stereocenters. The molecule has 2 heterocycles. The van der Waals surface area contributed by atoms with Gasteiger partial charge in [-0.05, 0) is 44.2 Å². The third kappa shape index (κ3) is 4.56. The third-order valence-electron chi connectivity index (χ3n) is 4.83. The Kier molecular flexibility index (Phi) is 6.15. The number of nitrogens with zero attached hydrogens (tertiary/aromatic N) is 2. The molecule has 0 aromatic heterocycles. The Labute approximate surface area is 137 Å². The van der Waals surface area contributed by atoms with Crippen molar-refractivity contribution in [3.63, 3.8) is 0 Å². The van der Waals surface area contributed by atoms with Crippen molar-refractivity contribution in [1.29, 1.82) is 0 Å². The summed E-state index contributed by atoms with van der Waals surface area (Å²) >= 11 is 0. The van der Waals surface area contributed by atoms with Gasteiger partial charge in [-0.15, -0.1) is 0 Å². The summed E-state index contributed by atoms with van der Waals surface area (Å²) in [6, 6.07) is 0.696. The van der Waals surface area contributed by atoms with E-state index in [-0.39, 0.29) is 11.1 Å². The van der Waals surface area contributed by atoms with Gasteiger partial charge in [0.2, 0.25) is 0 Å². The maximum Gasteiger partial charge on any atom is 0.274 e. The van der Waals surface area contributed by atoms with Crippen LogP contribution < -0.4 is 0 Å². The molecule has 0 N–H and O–H groups in total. The largest absolute Gasteiger partial charge is 0.317 e. The van der Waals surface area contributed by atoms with Crippen molar-refractivity contribution in [3.8, 4) is 0 Å². The number of rotatable bonds is 5. The molecule has 0 bridgehead atoms. The lowest BCUT2D eigenvalue weighted by Crippen LogP contribution is -2.43. The van der Waals surface area contributed by atoms with Crippen molar-refractivity contribution in [2.75, 3.05) is 32.8 Å². The lowest BCUT2D eigenvalue weighted by atomic mass is 9.99. The van der Waals surface area contributed by atoms with E-state index in [1.807, 2.05) is 13.8 Å². The normalized spacial score (nSPS) is 25.7. The van der Waals surface area contributed by atoms with E-state index in [4.69, 9.17) is 4.52 Å². The molecule has 22 heavy (non-hydrogen) atoms. The molecule has 130 valence electrons. The molecular weight excluding hydrogens is 295 g/mol. The number of piperidine rings is 1. The van der Waals surface area contributed by atoms with Gasteiger partial charge in [0.05, 0.1) is 6.61 Å². The number of hydrogen-bond donors (Lipinski definition) is 0. The van der Waals surface area contributed by atoms with Crippen LogP contribution in [0, 0.1) is 5.41 Å². The summed E-state index contributed by atoms with van der Waals surface area (Å²) in [7, 11) is -2.71. The Hall–Kier alpha value is 0.110. The van der Waals surface area contributed by atoms with Crippen LogP contribution >= 0.6 is 7.52 Å². The Morgan fingerprint density at radius 1 is 1.09 bits per heavy atom. The minimum absolute atomic E-state index is 0.0540. The average molecular weight is 330 g/mol. The molecule has 0 spiro atoms. The van der Waals surface area contributed by atoms with Gasteiger partial charge in [0.15, 0.2) is 0 Å². The molecule has 0 amide bonds. The molecule has 2 rings (SSSR count). The number of likely N-dealkylation sites (tertiary alicyclic amines) is 1. The van der Waals surface area contributed by atoms with E-state index in [1.54, 1.807) is 0 Å². The summed E-state index contributed by atoms with van der Waals surface area (Å²) in [5.74, 6) is 0. The third-order valence-corrected chi connectivity index (χ3v) is 7.82. The summed E-state index contributed by atoms with van der Waals surface area (Å²) in [6.07, 6.45) is 4.96. The van der Waals surface area contributed by atoms with Crippen LogP contribution in [0.3, 0.4) is 0 Å². The predicted molar refractivity (Wildman–Crippen MR) is 93.6 cm³/mol. The molecule has 1 atom stereocenters. The van der Waals surface area contributed by atoms with Crippen LogP contribution in [-0.4, -0.2) is 54.1 Å². The second-order valence-electron chi connectivity index (χ2n) is 8.42. The van der Waals surface area contributed by atoms with Gasteiger partial charge < -0.3 is 9.42 Å². The molecule has 2 aliphatic heterocycles. The zero-order valence-corrected chi connectivity index (χ0v) is 16.1. The fraction of sp³-hybridized carbons (Fsp3) is 1.00. The van der Waals surface area contributed by atoms with E-state index in [0.717, 1.165) is 25.9 Å². The van der Waals surface area contributed by atoms with Crippen molar-refractivity contribution >= 4 is 7.52 Å². The fourth-order valence-electron chi connectivity index (χ4n) is 3.45. The molecule has 2 fully saturated rings. The summed E-state index contributed by atoms with van der Waals surface area (Å²) in [6.45, 7) is 15.4. The Morgan fingerprint density at radius 3 is 2.09 bits per heavy atom. The lowest BCUT2D eigenvalue weighted by Gasteiger charge is -2.41. The van der Waals surface area contributed by atoms with Crippen molar-refractivity contribution in [2.45, 2.75) is 72.0 Å². The molecule has 0 aromatic carbocycles. The van der Waals surface area contributed by atoms with E-state index in [2.05, 4.69) is 30.3 Å². The van der Waals surface area contributed by atoms with E-state index in [1.165, 1.54) is 25.9 Å². The van der Waals surface area contributed by atoms with Crippen LogP contribution in [0.5, 0.6) is 0 Å². The molecule has 2 aliphatic rings. The fourth-order valence-corrected chi connectivity index (χ4v) is 5.92. The molecule has 0 radical (unpaired) electrons. The molecule has 0 aliphatic carbocycles. The average Bonchev–Trinajstić information content (AvgIpc) is 2.98. The number of hydrogen-bond acceptors (Lipinski definition) is 3. The van der Waals surface area contributed by atoms with Gasteiger partial charge in [-0.1, -0.05) is 34.6 Å². The lowest BCUT2D eigenvalue weighted by molar-refractivity contribution is 0.137. The van der Waals surface area contributed by atoms with Crippen LogP contribution in [0.25, 0.3) is 0 Å². The minimum atomic E-state index is -2.71. The summed E-state index contributed by atoms with van der Waals surface area (Å²) in [5.41, 5.74) is 0.122. The van der Waals surface area contributed by atoms with Crippen LogP contribution in [-0.2, 0) is 9.09 Å². The summed E-state index contributed by atoms with van der Waals surface area (Å²) in [4.78, 5) is 2.63. The maximum absolute atomic E-state index is 13.4. The van der Waals surface area contributed by atoms with Gasteiger partial charge >= 0.3 is 0 Å². The van der Waals surface area contributed by atoms with Gasteiger partial charge in [0.25, 0.3) is 7.52 Å². The monoisotopic (exact) mass is 330 g/mol. The highest BCUT2D eigenvalue weighted by Crippen LogP contribution is 2.56. The maximum atomic E-state index is 13.4. The van der Waals surface area contributed by atoms with Crippen LogP contribution in [0.4, 0.5) is 0 Å². The highest BCUT2D eigenvalue weighted by Gasteiger charge is 2.39. The van der Waals surface area contributed by atoms with E-state index < -0.39 is 7.52 Å². The summed E-state index contributed by atoms with van der Waals surface area (Å²) < 4.78 is 21.6. The SMILES string of the molecule is CC(C)P(=O)(OCC(C)(C)C)N1CCC(N2CCCC2)CC1. The van der Waals surface area contributed by atoms with Gasteiger partial charge in [-0.2, -0.15) is 0 Å². The second kappa shape index (κ2) is 7.34. The van der Waals surface area contributed by atoms with Crippen LogP contribution in [0.2, 0.25) is 0 Å². The van der Waals surface area contributed by atoms with Gasteiger partial charge in [0.1, 0.15) is 0 Å². The van der Waals surface area contributed by atoms with Crippen molar-refractivity contribution in [3.05, 3.63) is 0 Å². The Morgan fingerprint density at radius 2 is 1.64 bits per heavy atom. The quantitative estimate of drug-likeness (QED) is 0.707. The van der Waals surface area contributed by atoms with Crippen molar-refractivity contribution in [1.82, 2.24) is 9.57 Å². The first kappa shape index (κ1) is 18.4. The molecule has 0 aromatic rings. The van der Waals surface area contributed by atoms with Crippen molar-refractivity contribution < 1.29 is 9.09 Å². The summed E-state index contributed by atoms with van der Waals surface area (Å²) in [5, 5.41) is 0. The van der Waals surface area contributed by atoms with Gasteiger partial charge in [-0.25, -0.2) is 4.67 Å². The van der Waals surface area contributed by atoms with E-state index in [9.17, 15) is 4.57 Å². The predicted octanol–water partition coefficient (Wildman–Crippen LogP) is 4.21. The van der Waals surface area contributed by atoms with E-state index in [0.29, 0.717) is 12.6 Å². The minimum Gasteiger partial charge on any atom is -0.317 e. The van der Waals surface area contributed by atoms with E-state index >= 15 is 0 Å². The standard InChI is InChI=1S/C17H35N2O2P/c1-15(2)22(20,21-14-17(3,4)5)19-12-8-16(9-13-19)18-10-6-7-11-18/h15-16H,6-14H2,1-5H3. The van der Waals surface area contributed by atoms with Gasteiger partial charge in [0, 0.05) is 24.8 Å². The van der Waals surface area contributed by atoms with Gasteiger partial charge in [-0.3, -0.25) is 4.57 Å². The zero-order chi connectivity index (χ0) is 16.4.